The van der Waals surface area contributed by atoms with Crippen molar-refractivity contribution in [3.63, 3.8) is 0 Å². The van der Waals surface area contributed by atoms with E-state index in [1.807, 2.05) is 7.05 Å². The van der Waals surface area contributed by atoms with Crippen LogP contribution in [0.2, 0.25) is 0 Å². The van der Waals surface area contributed by atoms with Crippen LogP contribution in [0.5, 0.6) is 0 Å². The molecule has 0 amide bonds. The molecule has 3 rings (SSSR count). The van der Waals surface area contributed by atoms with E-state index in [9.17, 15) is 0 Å². The highest BCUT2D eigenvalue weighted by atomic mass is 32.1. The minimum atomic E-state index is 0.681. The zero-order valence-electron chi connectivity index (χ0n) is 11.3. The van der Waals surface area contributed by atoms with Crippen LogP contribution in [0.25, 0.3) is 10.2 Å². The van der Waals surface area contributed by atoms with Crippen molar-refractivity contribution in [3.8, 4) is 0 Å². The Morgan fingerprint density at radius 2 is 2.37 bits per heavy atom. The standard InChI is InChI=1S/C13H19N5S/c1-14-13-16-11(10-4-6-19-12(10)17-13)15-7-9-3-5-18(2)8-9/h4,6,9H,3,5,7-8H2,1-2H3,(H2,14,15,16,17). The van der Waals surface area contributed by atoms with Gasteiger partial charge in [-0.3, -0.25) is 0 Å². The van der Waals surface area contributed by atoms with Gasteiger partial charge >= 0.3 is 0 Å². The lowest BCUT2D eigenvalue weighted by Gasteiger charge is -2.13. The minimum absolute atomic E-state index is 0.681. The smallest absolute Gasteiger partial charge is 0.225 e. The second kappa shape index (κ2) is 5.30. The zero-order chi connectivity index (χ0) is 13.2. The average Bonchev–Trinajstić information content (AvgIpc) is 3.04. The number of fused-ring (bicyclic) bond motifs is 1. The van der Waals surface area contributed by atoms with E-state index in [4.69, 9.17) is 0 Å². The molecule has 1 atom stereocenters. The Hall–Kier alpha value is -1.40. The maximum atomic E-state index is 4.53. The Morgan fingerprint density at radius 1 is 1.47 bits per heavy atom. The summed E-state index contributed by atoms with van der Waals surface area (Å²) in [5, 5.41) is 9.70. The number of anilines is 2. The SMILES string of the molecule is CNc1nc(NCC2CCN(C)C2)c2ccsc2n1. The molecule has 0 aromatic carbocycles. The molecule has 2 N–H and O–H groups in total. The molecule has 0 bridgehead atoms. The molecule has 1 aliphatic rings. The van der Waals surface area contributed by atoms with Crippen molar-refractivity contribution in [2.24, 2.45) is 5.92 Å². The van der Waals surface area contributed by atoms with Crippen LogP contribution < -0.4 is 10.6 Å². The number of likely N-dealkylation sites (tertiary alicyclic amines) is 1. The normalized spacial score (nSPS) is 20.0. The van der Waals surface area contributed by atoms with Crippen molar-refractivity contribution in [2.45, 2.75) is 6.42 Å². The van der Waals surface area contributed by atoms with Gasteiger partial charge in [-0.05, 0) is 37.4 Å². The summed E-state index contributed by atoms with van der Waals surface area (Å²) in [6.07, 6.45) is 1.26. The van der Waals surface area contributed by atoms with Gasteiger partial charge in [-0.1, -0.05) is 0 Å². The molecule has 19 heavy (non-hydrogen) atoms. The summed E-state index contributed by atoms with van der Waals surface area (Å²) in [5.41, 5.74) is 0. The van der Waals surface area contributed by atoms with E-state index < -0.39 is 0 Å². The second-order valence-electron chi connectivity index (χ2n) is 5.08. The maximum Gasteiger partial charge on any atom is 0.225 e. The van der Waals surface area contributed by atoms with Gasteiger partial charge < -0.3 is 15.5 Å². The van der Waals surface area contributed by atoms with Crippen molar-refractivity contribution in [1.82, 2.24) is 14.9 Å². The Balaban J connectivity index is 1.77. The van der Waals surface area contributed by atoms with Gasteiger partial charge in [0, 0.05) is 20.1 Å². The summed E-state index contributed by atoms with van der Waals surface area (Å²) >= 11 is 1.65. The summed E-state index contributed by atoms with van der Waals surface area (Å²) in [6.45, 7) is 3.35. The fraction of sp³-hybridized carbons (Fsp3) is 0.538. The quantitative estimate of drug-likeness (QED) is 0.896. The molecule has 102 valence electrons. The lowest BCUT2D eigenvalue weighted by molar-refractivity contribution is 0.399. The van der Waals surface area contributed by atoms with Gasteiger partial charge in [0.15, 0.2) is 0 Å². The van der Waals surface area contributed by atoms with E-state index in [1.54, 1.807) is 11.3 Å². The first-order valence-corrected chi connectivity index (χ1v) is 7.49. The monoisotopic (exact) mass is 277 g/mol. The van der Waals surface area contributed by atoms with Crippen molar-refractivity contribution >= 4 is 33.3 Å². The third-order valence-corrected chi connectivity index (χ3v) is 4.40. The Bertz CT molecular complexity index is 567. The molecule has 5 nitrogen and oxygen atoms in total. The second-order valence-corrected chi connectivity index (χ2v) is 5.98. The van der Waals surface area contributed by atoms with Crippen molar-refractivity contribution < 1.29 is 0 Å². The fourth-order valence-electron chi connectivity index (χ4n) is 2.54. The van der Waals surface area contributed by atoms with Crippen molar-refractivity contribution in [1.29, 1.82) is 0 Å². The fourth-order valence-corrected chi connectivity index (χ4v) is 3.30. The molecule has 1 fully saturated rings. The molecule has 6 heteroatoms. The van der Waals surface area contributed by atoms with Crippen LogP contribution in [-0.2, 0) is 0 Å². The number of hydrogen-bond acceptors (Lipinski definition) is 6. The highest BCUT2D eigenvalue weighted by molar-refractivity contribution is 7.16. The molecule has 1 aliphatic heterocycles. The number of nitrogens with zero attached hydrogens (tertiary/aromatic N) is 3. The van der Waals surface area contributed by atoms with E-state index >= 15 is 0 Å². The topological polar surface area (TPSA) is 53.1 Å². The number of rotatable bonds is 4. The molecule has 0 spiro atoms. The van der Waals surface area contributed by atoms with Crippen LogP contribution in [-0.4, -0.2) is 48.6 Å². The first-order valence-electron chi connectivity index (χ1n) is 6.61. The summed E-state index contributed by atoms with van der Waals surface area (Å²) < 4.78 is 0. The van der Waals surface area contributed by atoms with Gasteiger partial charge in [0.1, 0.15) is 10.6 Å². The van der Waals surface area contributed by atoms with Gasteiger partial charge in [0.25, 0.3) is 0 Å². The van der Waals surface area contributed by atoms with Crippen LogP contribution in [0.15, 0.2) is 11.4 Å². The van der Waals surface area contributed by atoms with Gasteiger partial charge in [0.2, 0.25) is 5.95 Å². The number of hydrogen-bond donors (Lipinski definition) is 2. The predicted octanol–water partition coefficient (Wildman–Crippen LogP) is 2.10. The molecule has 2 aromatic rings. The molecule has 0 saturated carbocycles. The third kappa shape index (κ3) is 2.64. The molecule has 1 unspecified atom stereocenters. The summed E-state index contributed by atoms with van der Waals surface area (Å²) in [7, 11) is 4.03. The van der Waals surface area contributed by atoms with E-state index in [0.29, 0.717) is 11.9 Å². The molecule has 3 heterocycles. The van der Waals surface area contributed by atoms with Crippen LogP contribution in [0.4, 0.5) is 11.8 Å². The molecule has 0 radical (unpaired) electrons. The average molecular weight is 277 g/mol. The van der Waals surface area contributed by atoms with E-state index in [-0.39, 0.29) is 0 Å². The summed E-state index contributed by atoms with van der Waals surface area (Å²) in [6, 6.07) is 2.09. The van der Waals surface area contributed by atoms with E-state index in [1.165, 1.54) is 19.5 Å². The molecule has 1 saturated heterocycles. The number of nitrogens with one attached hydrogen (secondary N) is 2. The Kier molecular flexibility index (Phi) is 3.52. The number of aromatic nitrogens is 2. The summed E-state index contributed by atoms with van der Waals surface area (Å²) in [4.78, 5) is 12.4. The van der Waals surface area contributed by atoms with Crippen LogP contribution in [0, 0.1) is 5.92 Å². The first-order chi connectivity index (χ1) is 9.26. The Labute approximate surface area is 117 Å². The maximum absolute atomic E-state index is 4.53. The van der Waals surface area contributed by atoms with Crippen LogP contribution in [0.1, 0.15) is 6.42 Å². The van der Waals surface area contributed by atoms with Crippen molar-refractivity contribution in [2.75, 3.05) is 44.4 Å². The summed E-state index contributed by atoms with van der Waals surface area (Å²) in [5.74, 6) is 2.35. The minimum Gasteiger partial charge on any atom is -0.369 e. The lowest BCUT2D eigenvalue weighted by atomic mass is 10.1. The number of thiophene rings is 1. The highest BCUT2D eigenvalue weighted by Gasteiger charge is 2.19. The van der Waals surface area contributed by atoms with Crippen LogP contribution >= 0.6 is 11.3 Å². The van der Waals surface area contributed by atoms with E-state index in [0.717, 1.165) is 22.6 Å². The molecular weight excluding hydrogens is 258 g/mol. The van der Waals surface area contributed by atoms with Gasteiger partial charge in [-0.15, -0.1) is 11.3 Å². The van der Waals surface area contributed by atoms with Gasteiger partial charge in [-0.2, -0.15) is 4.98 Å². The van der Waals surface area contributed by atoms with Crippen LogP contribution in [0.3, 0.4) is 0 Å². The van der Waals surface area contributed by atoms with Gasteiger partial charge in [-0.25, -0.2) is 4.98 Å². The van der Waals surface area contributed by atoms with Crippen molar-refractivity contribution in [3.05, 3.63) is 11.4 Å². The van der Waals surface area contributed by atoms with Gasteiger partial charge in [0.05, 0.1) is 5.39 Å². The zero-order valence-corrected chi connectivity index (χ0v) is 12.1. The predicted molar refractivity (Wildman–Crippen MR) is 81.1 cm³/mol. The van der Waals surface area contributed by atoms with E-state index in [2.05, 4.69) is 44.0 Å². The molecule has 2 aromatic heterocycles. The third-order valence-electron chi connectivity index (χ3n) is 3.60. The first kappa shape index (κ1) is 12.6. The molecular formula is C13H19N5S. The highest BCUT2D eigenvalue weighted by Crippen LogP contribution is 2.27. The largest absolute Gasteiger partial charge is 0.369 e. The lowest BCUT2D eigenvalue weighted by Crippen LogP contribution is -2.19. The Morgan fingerprint density at radius 3 is 3.11 bits per heavy atom. The molecule has 0 aliphatic carbocycles.